The first-order valence-electron chi connectivity index (χ1n) is 6.55. The van der Waals surface area contributed by atoms with E-state index in [1.54, 1.807) is 0 Å². The van der Waals surface area contributed by atoms with Crippen LogP contribution in [0, 0.1) is 5.41 Å². The number of halogens is 1. The molecule has 1 fully saturated rings. The van der Waals surface area contributed by atoms with E-state index in [1.165, 1.54) is 0 Å². The Morgan fingerprint density at radius 2 is 1.88 bits per heavy atom. The molecule has 0 aromatic carbocycles. The van der Waals surface area contributed by atoms with Crippen molar-refractivity contribution in [1.29, 1.82) is 0 Å². The van der Waals surface area contributed by atoms with Crippen molar-refractivity contribution >= 4 is 25.7 Å². The van der Waals surface area contributed by atoms with Crippen LogP contribution in [0.3, 0.4) is 0 Å². The van der Waals surface area contributed by atoms with Crippen molar-refractivity contribution in [3.63, 3.8) is 0 Å². The minimum absolute atomic E-state index is 0.0324. The smallest absolute Gasteiger partial charge is 0.128 e. The molecule has 2 atom stereocenters. The maximum atomic E-state index is 11.2. The van der Waals surface area contributed by atoms with Crippen LogP contribution >= 0.6 is 11.6 Å². The van der Waals surface area contributed by atoms with Crippen molar-refractivity contribution < 1.29 is 9.90 Å². The second kappa shape index (κ2) is 5.32. The highest BCUT2D eigenvalue weighted by Gasteiger charge is 2.42. The van der Waals surface area contributed by atoms with E-state index < -0.39 is 5.41 Å². The van der Waals surface area contributed by atoms with Gasteiger partial charge in [0, 0.05) is 10.3 Å². The summed E-state index contributed by atoms with van der Waals surface area (Å²) in [5.74, 6) is 0. The number of aldehydes is 1. The number of carbonyl (C=O) groups is 1. The van der Waals surface area contributed by atoms with Crippen LogP contribution in [-0.4, -0.2) is 30.7 Å². The molecule has 0 aromatic heterocycles. The Morgan fingerprint density at radius 3 is 2.35 bits per heavy atom. The maximum Gasteiger partial charge on any atom is 0.128 e. The first-order valence-corrected chi connectivity index (χ1v) is 6.93. The largest absolute Gasteiger partial charge is 0.395 e. The Balaban J connectivity index is 2.86. The Labute approximate surface area is 111 Å². The van der Waals surface area contributed by atoms with Crippen molar-refractivity contribution in [2.45, 2.75) is 62.6 Å². The summed E-state index contributed by atoms with van der Waals surface area (Å²) >= 11 is 6.51. The first kappa shape index (κ1) is 15.0. The van der Waals surface area contributed by atoms with Crippen molar-refractivity contribution in [2.75, 3.05) is 6.61 Å². The zero-order chi connectivity index (χ0) is 13.2. The summed E-state index contributed by atoms with van der Waals surface area (Å²) in [6, 6.07) is 0. The van der Waals surface area contributed by atoms with E-state index in [9.17, 15) is 9.90 Å². The van der Waals surface area contributed by atoms with Gasteiger partial charge in [-0.3, -0.25) is 0 Å². The molecule has 0 aromatic rings. The van der Waals surface area contributed by atoms with Crippen LogP contribution in [0.15, 0.2) is 0 Å². The van der Waals surface area contributed by atoms with Crippen LogP contribution < -0.4 is 0 Å². The summed E-state index contributed by atoms with van der Waals surface area (Å²) in [5.41, 5.74) is -0.524. The molecule has 4 heteroatoms. The fourth-order valence-corrected chi connectivity index (χ4v) is 2.86. The fourth-order valence-electron chi connectivity index (χ4n) is 2.67. The van der Waals surface area contributed by atoms with Gasteiger partial charge in [-0.25, -0.2) is 0 Å². The van der Waals surface area contributed by atoms with Gasteiger partial charge in [0.25, 0.3) is 0 Å². The average molecular weight is 259 g/mol. The molecule has 0 aliphatic heterocycles. The van der Waals surface area contributed by atoms with Crippen molar-refractivity contribution in [1.82, 2.24) is 0 Å². The SMILES string of the molecule is BC1(C(C)(C)Cl)CCCCC(C=O)(CO)CC1. The molecule has 98 valence electrons. The molecule has 1 rings (SSSR count). The minimum Gasteiger partial charge on any atom is -0.395 e. The molecule has 0 heterocycles. The summed E-state index contributed by atoms with van der Waals surface area (Å²) in [5, 5.41) is 9.51. The highest BCUT2D eigenvalue weighted by molar-refractivity contribution is 6.31. The zero-order valence-electron chi connectivity index (χ0n) is 11.3. The molecule has 0 saturated heterocycles. The molecule has 1 aliphatic rings. The number of aliphatic hydroxyl groups is 1. The minimum atomic E-state index is -0.524. The lowest BCUT2D eigenvalue weighted by atomic mass is 9.54. The van der Waals surface area contributed by atoms with E-state index in [1.807, 2.05) is 0 Å². The Kier molecular flexibility index (Phi) is 4.70. The number of alkyl halides is 1. The van der Waals surface area contributed by atoms with Crippen LogP contribution in [-0.2, 0) is 4.79 Å². The second-order valence-corrected chi connectivity index (χ2v) is 7.32. The molecule has 1 N–H and O–H groups in total. The third-order valence-electron chi connectivity index (χ3n) is 4.83. The third kappa shape index (κ3) is 3.26. The molecule has 0 spiro atoms. The molecule has 0 radical (unpaired) electrons. The number of rotatable bonds is 3. The number of hydrogen-bond donors (Lipinski definition) is 1. The van der Waals surface area contributed by atoms with E-state index in [-0.39, 0.29) is 16.8 Å². The predicted molar refractivity (Wildman–Crippen MR) is 74.5 cm³/mol. The van der Waals surface area contributed by atoms with E-state index in [4.69, 9.17) is 11.6 Å². The summed E-state index contributed by atoms with van der Waals surface area (Å²) < 4.78 is 0. The molecule has 0 amide bonds. The van der Waals surface area contributed by atoms with Gasteiger partial charge >= 0.3 is 0 Å². The van der Waals surface area contributed by atoms with Gasteiger partial charge in [0.05, 0.1) is 6.61 Å². The Morgan fingerprint density at radius 1 is 1.29 bits per heavy atom. The van der Waals surface area contributed by atoms with Crippen molar-refractivity contribution in [3.05, 3.63) is 0 Å². The summed E-state index contributed by atoms with van der Waals surface area (Å²) in [7, 11) is 2.21. The molecule has 1 aliphatic carbocycles. The molecular weight excluding hydrogens is 234 g/mol. The normalized spacial score (nSPS) is 36.0. The van der Waals surface area contributed by atoms with Crippen LogP contribution in [0.2, 0.25) is 5.31 Å². The summed E-state index contributed by atoms with van der Waals surface area (Å²) in [4.78, 5) is 11.0. The van der Waals surface area contributed by atoms with Gasteiger partial charge in [-0.2, -0.15) is 0 Å². The monoisotopic (exact) mass is 258 g/mol. The lowest BCUT2D eigenvalue weighted by Gasteiger charge is -2.44. The molecule has 2 unspecified atom stereocenters. The van der Waals surface area contributed by atoms with E-state index in [0.29, 0.717) is 0 Å². The third-order valence-corrected chi connectivity index (χ3v) is 5.28. The Hall–Kier alpha value is -0.0151. The van der Waals surface area contributed by atoms with Crippen LogP contribution in [0.5, 0.6) is 0 Å². The predicted octanol–water partition coefficient (Wildman–Crippen LogP) is 2.33. The van der Waals surface area contributed by atoms with Gasteiger partial charge in [-0.15, -0.1) is 11.6 Å². The van der Waals surface area contributed by atoms with Gasteiger partial charge in [0.15, 0.2) is 0 Å². The van der Waals surface area contributed by atoms with Gasteiger partial charge < -0.3 is 9.90 Å². The molecule has 1 saturated carbocycles. The quantitative estimate of drug-likeness (QED) is 0.479. The zero-order valence-corrected chi connectivity index (χ0v) is 12.0. The standard InChI is InChI=1S/C13H24BClO2/c1-11(2,15)13(14)6-4-3-5-12(9-16,10-17)7-8-13/h9,17H,3-8,10,14H2,1-2H3. The molecule has 0 bridgehead atoms. The van der Waals surface area contributed by atoms with Crippen molar-refractivity contribution in [2.24, 2.45) is 5.41 Å². The van der Waals surface area contributed by atoms with Gasteiger partial charge in [-0.1, -0.05) is 25.7 Å². The molecule has 17 heavy (non-hydrogen) atoms. The van der Waals surface area contributed by atoms with Crippen LogP contribution in [0.1, 0.15) is 52.4 Å². The number of hydrogen-bond acceptors (Lipinski definition) is 2. The number of carbonyl (C=O) groups excluding carboxylic acids is 1. The van der Waals surface area contributed by atoms with Gasteiger partial charge in [-0.05, 0) is 32.0 Å². The summed E-state index contributed by atoms with van der Waals surface area (Å²) in [6.07, 6.45) is 6.61. The fraction of sp³-hybridized carbons (Fsp3) is 0.923. The first-order chi connectivity index (χ1) is 7.79. The Bertz CT molecular complexity index is 277. The molecule has 2 nitrogen and oxygen atoms in total. The summed E-state index contributed by atoms with van der Waals surface area (Å²) in [6.45, 7) is 4.07. The van der Waals surface area contributed by atoms with Crippen molar-refractivity contribution in [3.8, 4) is 0 Å². The van der Waals surface area contributed by atoms with Gasteiger partial charge in [0.2, 0.25) is 0 Å². The van der Waals surface area contributed by atoms with Crippen LogP contribution in [0.4, 0.5) is 0 Å². The maximum absolute atomic E-state index is 11.2. The van der Waals surface area contributed by atoms with E-state index in [0.717, 1.165) is 44.8 Å². The average Bonchev–Trinajstić information content (AvgIpc) is 2.24. The highest BCUT2D eigenvalue weighted by Crippen LogP contribution is 2.52. The topological polar surface area (TPSA) is 37.3 Å². The lowest BCUT2D eigenvalue weighted by molar-refractivity contribution is -0.119. The lowest BCUT2D eigenvalue weighted by Crippen LogP contribution is -2.38. The van der Waals surface area contributed by atoms with Gasteiger partial charge in [0.1, 0.15) is 14.1 Å². The molecular formula is C13H24BClO2. The number of aliphatic hydroxyl groups excluding tert-OH is 1. The second-order valence-electron chi connectivity index (χ2n) is 6.38. The van der Waals surface area contributed by atoms with E-state index in [2.05, 4.69) is 21.7 Å². The highest BCUT2D eigenvalue weighted by atomic mass is 35.5. The van der Waals surface area contributed by atoms with E-state index >= 15 is 0 Å². The van der Waals surface area contributed by atoms with Crippen LogP contribution in [0.25, 0.3) is 0 Å².